The molecule has 2 aromatic rings. The first-order valence-electron chi connectivity index (χ1n) is 9.52. The van der Waals surface area contributed by atoms with Crippen LogP contribution in [-0.2, 0) is 22.7 Å². The lowest BCUT2D eigenvalue weighted by Gasteiger charge is -2.12. The first-order valence-corrected chi connectivity index (χ1v) is 9.52. The minimum Gasteiger partial charge on any atom is -0.493 e. The average Bonchev–Trinajstić information content (AvgIpc) is 2.71. The van der Waals surface area contributed by atoms with Gasteiger partial charge in [-0.25, -0.2) is 5.43 Å². The summed E-state index contributed by atoms with van der Waals surface area (Å²) in [4.78, 5) is 24.7. The van der Waals surface area contributed by atoms with Gasteiger partial charge in [0.2, 0.25) is 0 Å². The van der Waals surface area contributed by atoms with Gasteiger partial charge >= 0.3 is 0 Å². The second kappa shape index (κ2) is 10.9. The second-order valence-electron chi connectivity index (χ2n) is 7.19. The zero-order chi connectivity index (χ0) is 22.1. The highest BCUT2D eigenvalue weighted by Gasteiger charge is 2.14. The van der Waals surface area contributed by atoms with Crippen molar-refractivity contribution in [3.8, 4) is 11.8 Å². The van der Waals surface area contributed by atoms with Gasteiger partial charge in [0.05, 0.1) is 19.4 Å². The Hall–Kier alpha value is -3.44. The Kier molecular flexibility index (Phi) is 8.32. The third-order valence-electron chi connectivity index (χ3n) is 4.17. The van der Waals surface area contributed by atoms with E-state index in [1.54, 1.807) is 13.0 Å². The monoisotopic (exact) mass is 410 g/mol. The number of amides is 1. The Morgan fingerprint density at radius 1 is 1.33 bits per heavy atom. The van der Waals surface area contributed by atoms with Gasteiger partial charge in [-0.1, -0.05) is 13.8 Å². The van der Waals surface area contributed by atoms with Crippen LogP contribution in [0.5, 0.6) is 5.75 Å². The van der Waals surface area contributed by atoms with E-state index in [0.717, 1.165) is 11.3 Å². The Morgan fingerprint density at radius 2 is 2.03 bits per heavy atom. The van der Waals surface area contributed by atoms with E-state index < -0.39 is 11.5 Å². The molecule has 158 valence electrons. The minimum absolute atomic E-state index is 0.0291. The molecule has 0 spiro atoms. The fraction of sp³-hybridized carbons (Fsp3) is 0.364. The summed E-state index contributed by atoms with van der Waals surface area (Å²) in [6, 6.07) is 10.9. The van der Waals surface area contributed by atoms with Crippen LogP contribution < -0.4 is 15.7 Å². The van der Waals surface area contributed by atoms with Gasteiger partial charge in [0.25, 0.3) is 11.5 Å². The number of aryl methyl sites for hydroxylation is 1. The molecule has 1 N–H and O–H groups in total. The third-order valence-corrected chi connectivity index (χ3v) is 4.17. The second-order valence-corrected chi connectivity index (χ2v) is 7.19. The number of carbonyl (C=O) groups excluding carboxylic acids is 1. The van der Waals surface area contributed by atoms with E-state index in [1.165, 1.54) is 17.9 Å². The summed E-state index contributed by atoms with van der Waals surface area (Å²) >= 11 is 0. The molecular formula is C22H26N4O4. The third kappa shape index (κ3) is 6.29. The molecule has 8 nitrogen and oxygen atoms in total. The number of pyridine rings is 1. The van der Waals surface area contributed by atoms with E-state index in [9.17, 15) is 14.9 Å². The van der Waals surface area contributed by atoms with Gasteiger partial charge in [-0.3, -0.25) is 9.59 Å². The highest BCUT2D eigenvalue weighted by Crippen LogP contribution is 2.12. The summed E-state index contributed by atoms with van der Waals surface area (Å²) in [5.41, 5.74) is 3.69. The van der Waals surface area contributed by atoms with Crippen LogP contribution in [0.1, 0.15) is 36.2 Å². The molecule has 0 saturated heterocycles. The van der Waals surface area contributed by atoms with Gasteiger partial charge in [-0.15, -0.1) is 0 Å². The maximum atomic E-state index is 12.5. The van der Waals surface area contributed by atoms with E-state index in [2.05, 4.69) is 24.4 Å². The molecule has 0 aliphatic rings. The number of nitrogens with zero attached hydrogens (tertiary/aromatic N) is 3. The van der Waals surface area contributed by atoms with Gasteiger partial charge in [0.1, 0.15) is 23.9 Å². The molecule has 0 unspecified atom stereocenters. The van der Waals surface area contributed by atoms with Crippen molar-refractivity contribution in [3.05, 3.63) is 63.1 Å². The van der Waals surface area contributed by atoms with Crippen LogP contribution in [0.2, 0.25) is 0 Å². The minimum atomic E-state index is -0.527. The summed E-state index contributed by atoms with van der Waals surface area (Å²) in [5, 5.41) is 13.2. The van der Waals surface area contributed by atoms with Gasteiger partial charge in [0.15, 0.2) is 0 Å². The smallest absolute Gasteiger partial charge is 0.269 e. The van der Waals surface area contributed by atoms with Crippen LogP contribution in [0.25, 0.3) is 0 Å². The molecule has 0 atom stereocenters. The van der Waals surface area contributed by atoms with Crippen molar-refractivity contribution in [2.24, 2.45) is 11.0 Å². The summed E-state index contributed by atoms with van der Waals surface area (Å²) in [5.74, 6) is 0.736. The number of hydrogen-bond donors (Lipinski definition) is 1. The number of nitrogens with one attached hydrogen (secondary N) is 1. The van der Waals surface area contributed by atoms with Crippen molar-refractivity contribution in [1.82, 2.24) is 9.99 Å². The quantitative estimate of drug-likeness (QED) is 0.505. The Morgan fingerprint density at radius 3 is 2.63 bits per heavy atom. The SMILES string of the molecule is COCc1cc(C)n(CC(=O)N/N=C\c2ccc(OCC(C)C)cc2)c(=O)c1C#N. The van der Waals surface area contributed by atoms with E-state index in [4.69, 9.17) is 9.47 Å². The van der Waals surface area contributed by atoms with Crippen LogP contribution in [0.15, 0.2) is 40.2 Å². The number of hydrogen-bond acceptors (Lipinski definition) is 6. The molecular weight excluding hydrogens is 384 g/mol. The van der Waals surface area contributed by atoms with Gasteiger partial charge in [-0.05, 0) is 48.7 Å². The Labute approximate surface area is 175 Å². The largest absolute Gasteiger partial charge is 0.493 e. The van der Waals surface area contributed by atoms with E-state index in [0.29, 0.717) is 23.8 Å². The molecule has 0 saturated carbocycles. The fourth-order valence-corrected chi connectivity index (χ4v) is 2.69. The van der Waals surface area contributed by atoms with Crippen molar-refractivity contribution >= 4 is 12.1 Å². The van der Waals surface area contributed by atoms with Crippen LogP contribution in [0.4, 0.5) is 0 Å². The molecule has 0 aliphatic heterocycles. The topological polar surface area (TPSA) is 106 Å². The maximum absolute atomic E-state index is 12.5. The molecule has 0 aliphatic carbocycles. The van der Waals surface area contributed by atoms with Crippen molar-refractivity contribution in [1.29, 1.82) is 5.26 Å². The number of nitriles is 1. The number of hydrazone groups is 1. The molecule has 0 fully saturated rings. The van der Waals surface area contributed by atoms with Crippen molar-refractivity contribution in [2.45, 2.75) is 33.9 Å². The lowest BCUT2D eigenvalue weighted by atomic mass is 10.1. The molecule has 1 amide bonds. The van der Waals surface area contributed by atoms with Gasteiger partial charge in [-0.2, -0.15) is 10.4 Å². The standard InChI is InChI=1S/C22H26N4O4/c1-15(2)13-30-19-7-5-17(6-8-19)11-24-25-21(27)12-26-16(3)9-18(14-29-4)20(10-23)22(26)28/h5-9,11,15H,12-14H2,1-4H3,(H,25,27)/b24-11-. The number of aromatic nitrogens is 1. The lowest BCUT2D eigenvalue weighted by Crippen LogP contribution is -2.33. The molecule has 1 aromatic heterocycles. The average molecular weight is 410 g/mol. The first kappa shape index (κ1) is 22.8. The zero-order valence-corrected chi connectivity index (χ0v) is 17.6. The summed E-state index contributed by atoms with van der Waals surface area (Å²) in [7, 11) is 1.49. The molecule has 0 radical (unpaired) electrons. The molecule has 8 heteroatoms. The normalized spacial score (nSPS) is 10.9. The van der Waals surface area contributed by atoms with Crippen molar-refractivity contribution < 1.29 is 14.3 Å². The predicted octanol–water partition coefficient (Wildman–Crippen LogP) is 2.36. The lowest BCUT2D eigenvalue weighted by molar-refractivity contribution is -0.121. The van der Waals surface area contributed by atoms with E-state index >= 15 is 0 Å². The highest BCUT2D eigenvalue weighted by atomic mass is 16.5. The van der Waals surface area contributed by atoms with Crippen LogP contribution in [-0.4, -0.2) is 30.4 Å². The highest BCUT2D eigenvalue weighted by molar-refractivity contribution is 5.82. The zero-order valence-electron chi connectivity index (χ0n) is 17.6. The fourth-order valence-electron chi connectivity index (χ4n) is 2.69. The van der Waals surface area contributed by atoms with E-state index in [1.807, 2.05) is 30.3 Å². The maximum Gasteiger partial charge on any atom is 0.269 e. The molecule has 1 aromatic carbocycles. The number of carbonyl (C=O) groups is 1. The van der Waals surface area contributed by atoms with Crippen LogP contribution in [0, 0.1) is 24.2 Å². The van der Waals surface area contributed by atoms with Crippen LogP contribution in [0.3, 0.4) is 0 Å². The van der Waals surface area contributed by atoms with Gasteiger partial charge in [0, 0.05) is 18.4 Å². The molecule has 30 heavy (non-hydrogen) atoms. The summed E-state index contributed by atoms with van der Waals surface area (Å²) in [6.07, 6.45) is 1.50. The van der Waals surface area contributed by atoms with E-state index in [-0.39, 0.29) is 18.7 Å². The Balaban J connectivity index is 2.01. The summed E-state index contributed by atoms with van der Waals surface area (Å²) in [6.45, 7) is 6.40. The number of benzene rings is 1. The number of methoxy groups -OCH3 is 1. The first-order chi connectivity index (χ1) is 14.3. The number of rotatable bonds is 9. The molecule has 2 rings (SSSR count). The Bertz CT molecular complexity index is 1000. The molecule has 0 bridgehead atoms. The predicted molar refractivity (Wildman–Crippen MR) is 113 cm³/mol. The van der Waals surface area contributed by atoms with Gasteiger partial charge < -0.3 is 14.0 Å². The van der Waals surface area contributed by atoms with Crippen LogP contribution >= 0.6 is 0 Å². The summed E-state index contributed by atoms with van der Waals surface area (Å²) < 4.78 is 11.9. The molecule has 1 heterocycles. The number of ether oxygens (including phenoxy) is 2. The van der Waals surface area contributed by atoms with Crippen molar-refractivity contribution in [3.63, 3.8) is 0 Å². The van der Waals surface area contributed by atoms with Crippen molar-refractivity contribution in [2.75, 3.05) is 13.7 Å².